The van der Waals surface area contributed by atoms with Crippen LogP contribution >= 0.6 is 23.2 Å². The molecule has 2 atom stereocenters. The third-order valence-corrected chi connectivity index (χ3v) is 3.75. The number of nitrogens with zero attached hydrogens (tertiary/aromatic N) is 1. The number of benzene rings is 1. The second-order valence-electron chi connectivity index (χ2n) is 4.64. The summed E-state index contributed by atoms with van der Waals surface area (Å²) in [6, 6.07) is 3.28. The molecule has 1 aliphatic heterocycles. The van der Waals surface area contributed by atoms with Gasteiger partial charge >= 0.3 is 12.0 Å². The van der Waals surface area contributed by atoms with E-state index in [4.69, 9.17) is 23.2 Å². The van der Waals surface area contributed by atoms with Crippen molar-refractivity contribution in [1.82, 2.24) is 4.90 Å². The number of ether oxygens (including phenoxy) is 1. The second-order valence-corrected chi connectivity index (χ2v) is 5.48. The smallest absolute Gasteiger partial charge is 0.328 e. The van der Waals surface area contributed by atoms with Crippen LogP contribution in [0.3, 0.4) is 0 Å². The van der Waals surface area contributed by atoms with Gasteiger partial charge < -0.3 is 20.1 Å². The first-order chi connectivity index (χ1) is 9.92. The fourth-order valence-corrected chi connectivity index (χ4v) is 2.51. The number of hydrogen-bond acceptors (Lipinski definition) is 4. The minimum atomic E-state index is -0.817. The Morgan fingerprint density at radius 1 is 1.43 bits per heavy atom. The molecule has 0 bridgehead atoms. The Labute approximate surface area is 131 Å². The standard InChI is InChI=1S/C13H14Cl2N2O4/c1-21-12(19)11-5-8(18)6-17(11)13(20)16-10-4-7(14)2-3-9(10)15/h2-4,8,11,18H,5-6H2,1H3,(H,16,20). The molecule has 0 spiro atoms. The number of anilines is 1. The van der Waals surface area contributed by atoms with Crippen LogP contribution in [0.1, 0.15) is 6.42 Å². The Balaban J connectivity index is 2.15. The number of rotatable bonds is 2. The van der Waals surface area contributed by atoms with E-state index in [1.54, 1.807) is 12.1 Å². The number of halogens is 2. The average molecular weight is 333 g/mol. The average Bonchev–Trinajstić information content (AvgIpc) is 2.84. The zero-order chi connectivity index (χ0) is 15.6. The Morgan fingerprint density at radius 3 is 2.81 bits per heavy atom. The van der Waals surface area contributed by atoms with E-state index in [9.17, 15) is 14.7 Å². The highest BCUT2D eigenvalue weighted by molar-refractivity contribution is 6.35. The number of esters is 1. The van der Waals surface area contributed by atoms with Crippen molar-refractivity contribution < 1.29 is 19.4 Å². The van der Waals surface area contributed by atoms with Gasteiger partial charge in [0.05, 0.1) is 23.9 Å². The minimum absolute atomic E-state index is 0.0454. The molecule has 21 heavy (non-hydrogen) atoms. The zero-order valence-electron chi connectivity index (χ0n) is 11.2. The van der Waals surface area contributed by atoms with Crippen molar-refractivity contribution in [2.24, 2.45) is 0 Å². The predicted molar refractivity (Wildman–Crippen MR) is 78.6 cm³/mol. The van der Waals surface area contributed by atoms with Crippen LogP contribution in [0, 0.1) is 0 Å². The predicted octanol–water partition coefficient (Wildman–Crippen LogP) is 2.13. The van der Waals surface area contributed by atoms with E-state index in [0.29, 0.717) is 15.7 Å². The van der Waals surface area contributed by atoms with Gasteiger partial charge in [-0.3, -0.25) is 0 Å². The molecule has 2 N–H and O–H groups in total. The van der Waals surface area contributed by atoms with E-state index in [2.05, 4.69) is 10.1 Å². The number of nitrogens with one attached hydrogen (secondary N) is 1. The first-order valence-corrected chi connectivity index (χ1v) is 6.96. The second kappa shape index (κ2) is 6.51. The molecule has 2 unspecified atom stereocenters. The van der Waals surface area contributed by atoms with Gasteiger partial charge in [0.25, 0.3) is 0 Å². The maximum Gasteiger partial charge on any atom is 0.328 e. The minimum Gasteiger partial charge on any atom is -0.467 e. The molecule has 0 radical (unpaired) electrons. The van der Waals surface area contributed by atoms with Crippen LogP contribution in [-0.4, -0.2) is 47.8 Å². The van der Waals surface area contributed by atoms with Crippen LogP contribution < -0.4 is 5.32 Å². The zero-order valence-corrected chi connectivity index (χ0v) is 12.7. The van der Waals surface area contributed by atoms with Gasteiger partial charge in [0.2, 0.25) is 0 Å². The van der Waals surface area contributed by atoms with Crippen molar-refractivity contribution in [3.63, 3.8) is 0 Å². The number of hydrogen-bond donors (Lipinski definition) is 2. The fourth-order valence-electron chi connectivity index (χ4n) is 2.18. The van der Waals surface area contributed by atoms with E-state index in [1.807, 2.05) is 0 Å². The third kappa shape index (κ3) is 3.58. The fraction of sp³-hybridized carbons (Fsp3) is 0.385. The summed E-state index contributed by atoms with van der Waals surface area (Å²) in [5, 5.41) is 13.0. The highest BCUT2D eigenvalue weighted by Gasteiger charge is 2.39. The molecule has 2 rings (SSSR count). The number of β-amino-alcohol motifs (C(OH)–C–C–N with tert-alkyl or cyclic N) is 1. The van der Waals surface area contributed by atoms with Crippen LogP contribution in [0.2, 0.25) is 10.0 Å². The number of amides is 2. The number of urea groups is 1. The molecule has 1 aromatic rings. The van der Waals surface area contributed by atoms with Gasteiger partial charge in [-0.2, -0.15) is 0 Å². The molecule has 114 valence electrons. The maximum atomic E-state index is 12.2. The Kier molecular flexibility index (Phi) is 4.92. The molecule has 1 fully saturated rings. The molecule has 6 nitrogen and oxygen atoms in total. The number of carbonyl (C=O) groups excluding carboxylic acids is 2. The summed E-state index contributed by atoms with van der Waals surface area (Å²) in [7, 11) is 1.23. The van der Waals surface area contributed by atoms with Gasteiger partial charge in [0.15, 0.2) is 0 Å². The molecule has 1 saturated heterocycles. The van der Waals surface area contributed by atoms with Crippen LogP contribution in [0.5, 0.6) is 0 Å². The lowest BCUT2D eigenvalue weighted by atomic mass is 10.2. The number of aliphatic hydroxyl groups excluding tert-OH is 1. The van der Waals surface area contributed by atoms with Gasteiger partial charge in [0.1, 0.15) is 6.04 Å². The van der Waals surface area contributed by atoms with Gasteiger partial charge in [-0.15, -0.1) is 0 Å². The lowest BCUT2D eigenvalue weighted by Gasteiger charge is -2.23. The number of likely N-dealkylation sites (tertiary alicyclic amines) is 1. The summed E-state index contributed by atoms with van der Waals surface area (Å²) in [5.74, 6) is -0.570. The first-order valence-electron chi connectivity index (χ1n) is 6.21. The summed E-state index contributed by atoms with van der Waals surface area (Å²) >= 11 is 11.8. The highest BCUT2D eigenvalue weighted by atomic mass is 35.5. The summed E-state index contributed by atoms with van der Waals surface area (Å²) < 4.78 is 4.64. The van der Waals surface area contributed by atoms with Crippen molar-refractivity contribution in [2.75, 3.05) is 19.0 Å². The lowest BCUT2D eigenvalue weighted by molar-refractivity contribution is -0.144. The van der Waals surface area contributed by atoms with Crippen LogP contribution in [0.15, 0.2) is 18.2 Å². The molecule has 0 saturated carbocycles. The van der Waals surface area contributed by atoms with Crippen molar-refractivity contribution in [3.05, 3.63) is 28.2 Å². The van der Waals surface area contributed by atoms with E-state index >= 15 is 0 Å². The van der Waals surface area contributed by atoms with E-state index in [0.717, 1.165) is 0 Å². The van der Waals surface area contributed by atoms with Crippen molar-refractivity contribution in [3.8, 4) is 0 Å². The molecule has 8 heteroatoms. The van der Waals surface area contributed by atoms with Gasteiger partial charge in [-0.1, -0.05) is 23.2 Å². The number of carbonyl (C=O) groups is 2. The Bertz CT molecular complexity index is 567. The van der Waals surface area contributed by atoms with E-state index in [-0.39, 0.29) is 13.0 Å². The molecule has 0 aromatic heterocycles. The molecule has 2 amide bonds. The Morgan fingerprint density at radius 2 is 2.14 bits per heavy atom. The molecular weight excluding hydrogens is 319 g/mol. The summed E-state index contributed by atoms with van der Waals surface area (Å²) in [6.45, 7) is 0.0454. The largest absolute Gasteiger partial charge is 0.467 e. The van der Waals surface area contributed by atoms with Crippen molar-refractivity contribution >= 4 is 40.9 Å². The van der Waals surface area contributed by atoms with Gasteiger partial charge in [0, 0.05) is 18.0 Å². The SMILES string of the molecule is COC(=O)C1CC(O)CN1C(=O)Nc1cc(Cl)ccc1Cl. The highest BCUT2D eigenvalue weighted by Crippen LogP contribution is 2.27. The third-order valence-electron chi connectivity index (χ3n) is 3.18. The quantitative estimate of drug-likeness (QED) is 0.813. The number of methoxy groups -OCH3 is 1. The van der Waals surface area contributed by atoms with Crippen molar-refractivity contribution in [2.45, 2.75) is 18.6 Å². The summed E-state index contributed by atoms with van der Waals surface area (Å²) in [5.41, 5.74) is 0.333. The normalized spacial score (nSPS) is 21.2. The molecule has 0 aliphatic carbocycles. The summed E-state index contributed by atoms with van der Waals surface area (Å²) in [4.78, 5) is 25.1. The number of aliphatic hydroxyl groups is 1. The van der Waals surface area contributed by atoms with Crippen LogP contribution in [-0.2, 0) is 9.53 Å². The topological polar surface area (TPSA) is 78.9 Å². The van der Waals surface area contributed by atoms with Crippen LogP contribution in [0.25, 0.3) is 0 Å². The Hall–Kier alpha value is -1.50. The molecule has 1 aliphatic rings. The molecule has 1 aromatic carbocycles. The monoisotopic (exact) mass is 332 g/mol. The van der Waals surface area contributed by atoms with E-state index < -0.39 is 24.1 Å². The van der Waals surface area contributed by atoms with Gasteiger partial charge in [-0.25, -0.2) is 9.59 Å². The first kappa shape index (κ1) is 15.9. The maximum absolute atomic E-state index is 12.2. The lowest BCUT2D eigenvalue weighted by Crippen LogP contribution is -2.43. The van der Waals surface area contributed by atoms with E-state index in [1.165, 1.54) is 18.1 Å². The van der Waals surface area contributed by atoms with Crippen LogP contribution in [0.4, 0.5) is 10.5 Å². The molecule has 1 heterocycles. The summed E-state index contributed by atoms with van der Waals surface area (Å²) in [6.07, 6.45) is -0.627. The van der Waals surface area contributed by atoms with Gasteiger partial charge in [-0.05, 0) is 18.2 Å². The molecular formula is C13H14Cl2N2O4. The van der Waals surface area contributed by atoms with Crippen molar-refractivity contribution in [1.29, 1.82) is 0 Å².